The molecule has 2 aliphatic rings. The summed E-state index contributed by atoms with van der Waals surface area (Å²) in [5.74, 6) is -3.35. The van der Waals surface area contributed by atoms with E-state index >= 15 is 0 Å². The highest BCUT2D eigenvalue weighted by Gasteiger charge is 2.38. The van der Waals surface area contributed by atoms with Crippen molar-refractivity contribution in [2.24, 2.45) is 10.9 Å². The minimum absolute atomic E-state index is 0.0146. The monoisotopic (exact) mass is 605 g/mol. The van der Waals surface area contributed by atoms with Crippen molar-refractivity contribution in [2.75, 3.05) is 31.2 Å². The number of allylic oxidation sites excluding steroid dienone is 1. The average Bonchev–Trinajstić information content (AvgIpc) is 3.69. The third kappa shape index (κ3) is 5.82. The number of hydrogen-bond acceptors (Lipinski definition) is 11. The van der Waals surface area contributed by atoms with Crippen molar-refractivity contribution in [2.45, 2.75) is 32.7 Å². The zero-order valence-electron chi connectivity index (χ0n) is 22.2. The summed E-state index contributed by atoms with van der Waals surface area (Å²) in [7, 11) is 0. The molecule has 3 aromatic rings. The summed E-state index contributed by atoms with van der Waals surface area (Å²) in [6.45, 7) is 4.69. The first-order chi connectivity index (χ1) is 19.8. The molecule has 41 heavy (non-hydrogen) atoms. The minimum Gasteiger partial charge on any atom is -0.463 e. The van der Waals surface area contributed by atoms with Crippen LogP contribution in [0.4, 0.5) is 14.8 Å². The Hall–Kier alpha value is -3.84. The van der Waals surface area contributed by atoms with Gasteiger partial charge in [0.05, 0.1) is 30.0 Å². The molecule has 10 nitrogen and oxygen atoms in total. The second-order valence-electron chi connectivity index (χ2n) is 9.14. The second kappa shape index (κ2) is 12.4. The molecule has 1 unspecified atom stereocenters. The summed E-state index contributed by atoms with van der Waals surface area (Å²) >= 11 is 7.60. The number of halogens is 3. The Bertz CT molecular complexity index is 1500. The maximum atomic E-state index is 14.6. The standard InChI is InChI=1S/C27H26ClF2N5O5S/c1-3-38-25(36)17-13-32-27(40-17)35-10-7-14(8-11-35)21-18(26(37)39-4-2)22(15-5-6-16(29)20(30)19(15)28)34-23(33-21)24-31-9-12-41-24/h5-6,9,12-14,22H,3-4,7-8,10-11H2,1-2H3,(H,33,34). The van der Waals surface area contributed by atoms with Gasteiger partial charge in [0.1, 0.15) is 6.04 Å². The van der Waals surface area contributed by atoms with Crippen molar-refractivity contribution in [1.82, 2.24) is 15.3 Å². The summed E-state index contributed by atoms with van der Waals surface area (Å²) in [6, 6.07) is 1.50. The molecule has 4 heterocycles. The highest BCUT2D eigenvalue weighted by atomic mass is 35.5. The van der Waals surface area contributed by atoms with Gasteiger partial charge in [0.25, 0.3) is 6.01 Å². The fourth-order valence-corrected chi connectivity index (χ4v) is 5.66. The van der Waals surface area contributed by atoms with Gasteiger partial charge in [0.2, 0.25) is 5.76 Å². The minimum atomic E-state index is -1.22. The topological polar surface area (TPSA) is 119 Å². The van der Waals surface area contributed by atoms with Crippen molar-refractivity contribution in [3.63, 3.8) is 0 Å². The molecule has 1 aromatic carbocycles. The third-order valence-electron chi connectivity index (χ3n) is 6.71. The lowest BCUT2D eigenvalue weighted by molar-refractivity contribution is -0.139. The van der Waals surface area contributed by atoms with Gasteiger partial charge in [-0.25, -0.2) is 28.3 Å². The number of carbonyl (C=O) groups excluding carboxylic acids is 2. The number of anilines is 1. The summed E-state index contributed by atoms with van der Waals surface area (Å²) in [4.78, 5) is 40.5. The van der Waals surface area contributed by atoms with Crippen LogP contribution in [-0.2, 0) is 14.3 Å². The first-order valence-electron chi connectivity index (χ1n) is 13.0. The van der Waals surface area contributed by atoms with Gasteiger partial charge in [-0.2, -0.15) is 0 Å². The fraction of sp³-hybridized carbons (Fsp3) is 0.370. The number of thiazole rings is 1. The normalized spacial score (nSPS) is 17.7. The highest BCUT2D eigenvalue weighted by Crippen LogP contribution is 2.41. The molecule has 0 saturated carbocycles. The molecule has 5 rings (SSSR count). The molecule has 2 aliphatic heterocycles. The number of esters is 2. The number of carbonyl (C=O) groups is 2. The maximum absolute atomic E-state index is 14.6. The number of aliphatic imine (C=N–C) groups is 1. The molecular formula is C27H26ClF2N5O5S. The first-order valence-corrected chi connectivity index (χ1v) is 14.2. The molecule has 0 amide bonds. The van der Waals surface area contributed by atoms with Crippen LogP contribution in [0.2, 0.25) is 5.02 Å². The Morgan fingerprint density at radius 3 is 2.56 bits per heavy atom. The van der Waals surface area contributed by atoms with Crippen LogP contribution < -0.4 is 10.2 Å². The van der Waals surface area contributed by atoms with E-state index in [0.29, 0.717) is 48.5 Å². The van der Waals surface area contributed by atoms with E-state index in [9.17, 15) is 18.4 Å². The quantitative estimate of drug-likeness (QED) is 0.277. The van der Waals surface area contributed by atoms with E-state index in [2.05, 4.69) is 15.3 Å². The SMILES string of the molecule is CCOC(=O)C1=C(C2CCN(c3ncc(C(=O)OCC)o3)CC2)NC(c2nccs2)=NC1c1ccc(F)c(F)c1Cl. The van der Waals surface area contributed by atoms with Crippen molar-refractivity contribution < 1.29 is 32.3 Å². The van der Waals surface area contributed by atoms with Gasteiger partial charge in [0.15, 0.2) is 22.5 Å². The van der Waals surface area contributed by atoms with Crippen molar-refractivity contribution >= 4 is 46.7 Å². The summed E-state index contributed by atoms with van der Waals surface area (Å²) in [5.41, 5.74) is 0.846. The van der Waals surface area contributed by atoms with Gasteiger partial charge in [0, 0.05) is 41.8 Å². The number of hydrogen-bond donors (Lipinski definition) is 1. The second-order valence-corrected chi connectivity index (χ2v) is 10.4. The van der Waals surface area contributed by atoms with Crippen LogP contribution in [0, 0.1) is 17.6 Å². The molecule has 2 aromatic heterocycles. The van der Waals surface area contributed by atoms with Gasteiger partial charge in [-0.1, -0.05) is 17.7 Å². The van der Waals surface area contributed by atoms with Crippen molar-refractivity contribution in [3.8, 4) is 0 Å². The zero-order valence-corrected chi connectivity index (χ0v) is 23.7. The Labute approximate surface area is 243 Å². The molecule has 1 N–H and O–H groups in total. The molecule has 0 radical (unpaired) electrons. The lowest BCUT2D eigenvalue weighted by Crippen LogP contribution is -2.41. The number of rotatable bonds is 8. The molecule has 0 bridgehead atoms. The molecule has 1 fully saturated rings. The maximum Gasteiger partial charge on any atom is 0.376 e. The van der Waals surface area contributed by atoms with Gasteiger partial charge in [-0.15, -0.1) is 11.3 Å². The number of nitrogens with one attached hydrogen (secondary N) is 1. The molecule has 14 heteroatoms. The first kappa shape index (κ1) is 28.7. The largest absolute Gasteiger partial charge is 0.463 e. The van der Waals surface area contributed by atoms with Crippen molar-refractivity contribution in [3.05, 3.63) is 74.2 Å². The number of oxazole rings is 1. The van der Waals surface area contributed by atoms with E-state index in [0.717, 1.165) is 6.07 Å². The van der Waals surface area contributed by atoms with E-state index in [-0.39, 0.29) is 36.0 Å². The fourth-order valence-electron chi connectivity index (χ4n) is 4.81. The van der Waals surface area contributed by atoms with Crippen LogP contribution in [0.25, 0.3) is 0 Å². The van der Waals surface area contributed by atoms with E-state index in [1.54, 1.807) is 25.4 Å². The smallest absolute Gasteiger partial charge is 0.376 e. The van der Waals surface area contributed by atoms with Crippen molar-refractivity contribution in [1.29, 1.82) is 0 Å². The van der Waals surface area contributed by atoms with Gasteiger partial charge >= 0.3 is 11.9 Å². The van der Waals surface area contributed by atoms with E-state index < -0.39 is 34.6 Å². The van der Waals surface area contributed by atoms with Crippen LogP contribution in [0.5, 0.6) is 0 Å². The van der Waals surface area contributed by atoms with Gasteiger partial charge in [-0.3, -0.25) is 4.99 Å². The molecule has 0 aliphatic carbocycles. The number of ether oxygens (including phenoxy) is 2. The Morgan fingerprint density at radius 2 is 1.88 bits per heavy atom. The van der Waals surface area contributed by atoms with Crippen LogP contribution in [0.15, 0.2) is 50.6 Å². The predicted octanol–water partition coefficient (Wildman–Crippen LogP) is 5.06. The molecule has 1 saturated heterocycles. The Morgan fingerprint density at radius 1 is 1.15 bits per heavy atom. The third-order valence-corrected chi connectivity index (χ3v) is 7.87. The average molecular weight is 606 g/mol. The number of benzene rings is 1. The number of piperidine rings is 1. The molecule has 216 valence electrons. The van der Waals surface area contributed by atoms with Crippen LogP contribution in [0.1, 0.15) is 53.9 Å². The van der Waals surface area contributed by atoms with E-state index in [1.807, 2.05) is 4.90 Å². The lowest BCUT2D eigenvalue weighted by atomic mass is 9.85. The summed E-state index contributed by atoms with van der Waals surface area (Å²) in [5, 5.41) is 5.17. The molecular weight excluding hydrogens is 580 g/mol. The number of aromatic nitrogens is 2. The molecule has 0 spiro atoms. The zero-order chi connectivity index (χ0) is 29.1. The summed E-state index contributed by atoms with van der Waals surface area (Å²) < 4.78 is 44.5. The Kier molecular flexibility index (Phi) is 8.64. The highest BCUT2D eigenvalue weighted by molar-refractivity contribution is 7.11. The van der Waals surface area contributed by atoms with Crippen LogP contribution in [-0.4, -0.2) is 54.0 Å². The van der Waals surface area contributed by atoms with Gasteiger partial charge in [-0.05, 0) is 32.8 Å². The van der Waals surface area contributed by atoms with Crippen LogP contribution >= 0.6 is 22.9 Å². The predicted molar refractivity (Wildman–Crippen MR) is 147 cm³/mol. The number of amidine groups is 1. The lowest BCUT2D eigenvalue weighted by Gasteiger charge is -2.36. The van der Waals surface area contributed by atoms with E-state index in [1.165, 1.54) is 23.6 Å². The molecule has 1 atom stereocenters. The number of nitrogens with zero attached hydrogens (tertiary/aromatic N) is 4. The summed E-state index contributed by atoms with van der Waals surface area (Å²) in [6.07, 6.45) is 4.07. The van der Waals surface area contributed by atoms with Gasteiger partial charge < -0.3 is 24.1 Å². The van der Waals surface area contributed by atoms with E-state index in [4.69, 9.17) is 30.5 Å². The van der Waals surface area contributed by atoms with Crippen LogP contribution in [0.3, 0.4) is 0 Å². The Balaban J connectivity index is 1.50.